The number of hydrogen-bond acceptors (Lipinski definition) is 4. The molecule has 2 bridgehead atoms. The van der Waals surface area contributed by atoms with Gasteiger partial charge in [-0.25, -0.2) is 0 Å². The van der Waals surface area contributed by atoms with Crippen molar-refractivity contribution >= 4 is 0 Å². The lowest BCUT2D eigenvalue weighted by molar-refractivity contribution is 0.184. The van der Waals surface area contributed by atoms with Gasteiger partial charge in [0.25, 0.3) is 0 Å². The third kappa shape index (κ3) is 4.78. The number of rotatable bonds is 2. The van der Waals surface area contributed by atoms with Gasteiger partial charge < -0.3 is 4.90 Å². The maximum Gasteiger partial charge on any atom is 0.0234 e. The standard InChI is InChI=1S/C18H30N4/c1-19-7-9-20-11-12-21(10-8-19)14-16-22(15-13-20)17-18-5-3-2-4-6-18/h2-6H,7-17H2,1H3. The zero-order valence-corrected chi connectivity index (χ0v) is 14.0. The average Bonchev–Trinajstić information content (AvgIpc) is 2.69. The Kier molecular flexibility index (Phi) is 5.84. The molecule has 22 heavy (non-hydrogen) atoms. The molecule has 2 aliphatic heterocycles. The van der Waals surface area contributed by atoms with E-state index in [1.54, 1.807) is 0 Å². The second-order valence-corrected chi connectivity index (χ2v) is 6.75. The average molecular weight is 302 g/mol. The molecule has 4 nitrogen and oxygen atoms in total. The molecule has 0 aliphatic carbocycles. The van der Waals surface area contributed by atoms with Gasteiger partial charge in [-0.05, 0) is 12.6 Å². The lowest BCUT2D eigenvalue weighted by Crippen LogP contribution is -2.40. The fraction of sp³-hybridized carbons (Fsp3) is 0.667. The van der Waals surface area contributed by atoms with Crippen molar-refractivity contribution in [3.05, 3.63) is 35.9 Å². The number of hydrogen-bond donors (Lipinski definition) is 0. The Hall–Kier alpha value is -0.940. The van der Waals surface area contributed by atoms with Crippen LogP contribution < -0.4 is 0 Å². The molecule has 122 valence electrons. The third-order valence-electron chi connectivity index (χ3n) is 5.04. The summed E-state index contributed by atoms with van der Waals surface area (Å²) in [5.74, 6) is 0. The first kappa shape index (κ1) is 15.9. The quantitative estimate of drug-likeness (QED) is 0.809. The fourth-order valence-electron chi connectivity index (χ4n) is 3.37. The van der Waals surface area contributed by atoms with E-state index < -0.39 is 0 Å². The second kappa shape index (κ2) is 8.06. The van der Waals surface area contributed by atoms with Crippen molar-refractivity contribution in [3.63, 3.8) is 0 Å². The topological polar surface area (TPSA) is 13.0 Å². The number of nitrogens with zero attached hydrogens (tertiary/aromatic N) is 4. The van der Waals surface area contributed by atoms with Crippen molar-refractivity contribution in [2.75, 3.05) is 72.5 Å². The summed E-state index contributed by atoms with van der Waals surface area (Å²) in [7, 11) is 2.26. The number of likely N-dealkylation sites (N-methyl/N-ethyl adjacent to an activating group) is 1. The SMILES string of the molecule is CN1CCN2CCN(CC1)CCN(Cc1ccccc1)CC2. The van der Waals surface area contributed by atoms with Gasteiger partial charge in [0, 0.05) is 72.0 Å². The smallest absolute Gasteiger partial charge is 0.0234 e. The molecule has 2 heterocycles. The third-order valence-corrected chi connectivity index (χ3v) is 5.04. The Morgan fingerprint density at radius 1 is 0.682 bits per heavy atom. The molecule has 1 aromatic carbocycles. The summed E-state index contributed by atoms with van der Waals surface area (Å²) in [6, 6.07) is 10.9. The van der Waals surface area contributed by atoms with Crippen LogP contribution in [0.2, 0.25) is 0 Å². The summed E-state index contributed by atoms with van der Waals surface area (Å²) in [6.07, 6.45) is 0. The highest BCUT2D eigenvalue weighted by atomic mass is 15.3. The molecular weight excluding hydrogens is 272 g/mol. The van der Waals surface area contributed by atoms with Crippen LogP contribution in [-0.4, -0.2) is 92.1 Å². The molecule has 0 aromatic heterocycles. The predicted octanol–water partition coefficient (Wildman–Crippen LogP) is 1.05. The maximum atomic E-state index is 2.65. The number of benzene rings is 1. The summed E-state index contributed by atoms with van der Waals surface area (Å²) in [5, 5.41) is 0. The van der Waals surface area contributed by atoms with Crippen LogP contribution in [0.4, 0.5) is 0 Å². The fourth-order valence-corrected chi connectivity index (χ4v) is 3.37. The molecule has 2 saturated heterocycles. The van der Waals surface area contributed by atoms with Crippen LogP contribution in [0.1, 0.15) is 5.56 Å². The summed E-state index contributed by atoms with van der Waals surface area (Å²) in [5.41, 5.74) is 1.44. The molecule has 2 fully saturated rings. The largest absolute Gasteiger partial charge is 0.304 e. The molecular formula is C18H30N4. The monoisotopic (exact) mass is 302 g/mol. The Labute approximate surface area is 135 Å². The van der Waals surface area contributed by atoms with Crippen LogP contribution in [0.25, 0.3) is 0 Å². The lowest BCUT2D eigenvalue weighted by Gasteiger charge is -2.28. The van der Waals surface area contributed by atoms with Crippen molar-refractivity contribution in [2.45, 2.75) is 6.54 Å². The van der Waals surface area contributed by atoms with Crippen LogP contribution in [0.5, 0.6) is 0 Å². The minimum Gasteiger partial charge on any atom is -0.304 e. The van der Waals surface area contributed by atoms with E-state index in [2.05, 4.69) is 57.0 Å². The van der Waals surface area contributed by atoms with Gasteiger partial charge in [0.2, 0.25) is 0 Å². The van der Waals surface area contributed by atoms with E-state index in [4.69, 9.17) is 0 Å². The van der Waals surface area contributed by atoms with Gasteiger partial charge in [-0.3, -0.25) is 14.7 Å². The molecule has 2 aliphatic rings. The van der Waals surface area contributed by atoms with E-state index in [0.717, 1.165) is 6.54 Å². The summed E-state index contributed by atoms with van der Waals surface area (Å²) >= 11 is 0. The maximum absolute atomic E-state index is 2.65. The van der Waals surface area contributed by atoms with Crippen LogP contribution in [0.15, 0.2) is 30.3 Å². The Bertz CT molecular complexity index is 416. The second-order valence-electron chi connectivity index (χ2n) is 6.75. The summed E-state index contributed by atoms with van der Waals surface area (Å²) in [4.78, 5) is 10.4. The van der Waals surface area contributed by atoms with Crippen LogP contribution in [-0.2, 0) is 6.54 Å². The molecule has 0 amide bonds. The highest BCUT2D eigenvalue weighted by Crippen LogP contribution is 2.08. The van der Waals surface area contributed by atoms with Crippen molar-refractivity contribution in [1.82, 2.24) is 19.6 Å². The first-order valence-corrected chi connectivity index (χ1v) is 8.69. The van der Waals surface area contributed by atoms with E-state index in [9.17, 15) is 0 Å². The van der Waals surface area contributed by atoms with Crippen molar-refractivity contribution < 1.29 is 0 Å². The molecule has 0 saturated carbocycles. The normalized spacial score (nSPS) is 29.0. The zero-order chi connectivity index (χ0) is 15.2. The molecule has 0 radical (unpaired) electrons. The van der Waals surface area contributed by atoms with E-state index >= 15 is 0 Å². The predicted molar refractivity (Wildman–Crippen MR) is 92.1 cm³/mol. The molecule has 3 rings (SSSR count). The van der Waals surface area contributed by atoms with Gasteiger partial charge in [-0.1, -0.05) is 30.3 Å². The minimum absolute atomic E-state index is 1.09. The van der Waals surface area contributed by atoms with Crippen molar-refractivity contribution in [1.29, 1.82) is 0 Å². The Morgan fingerprint density at radius 3 is 1.77 bits per heavy atom. The molecule has 2 unspecified atom stereocenters. The molecule has 0 spiro atoms. The molecule has 2 atom stereocenters. The van der Waals surface area contributed by atoms with E-state index in [0.29, 0.717) is 0 Å². The molecule has 1 aromatic rings. The zero-order valence-electron chi connectivity index (χ0n) is 14.0. The highest BCUT2D eigenvalue weighted by molar-refractivity contribution is 5.14. The Morgan fingerprint density at radius 2 is 1.18 bits per heavy atom. The van der Waals surface area contributed by atoms with Gasteiger partial charge in [0.1, 0.15) is 0 Å². The van der Waals surface area contributed by atoms with Crippen LogP contribution >= 0.6 is 0 Å². The van der Waals surface area contributed by atoms with Gasteiger partial charge >= 0.3 is 0 Å². The first-order valence-electron chi connectivity index (χ1n) is 8.69. The lowest BCUT2D eigenvalue weighted by atomic mass is 10.2. The van der Waals surface area contributed by atoms with Gasteiger partial charge in [0.15, 0.2) is 0 Å². The van der Waals surface area contributed by atoms with E-state index in [1.165, 1.54) is 71.0 Å². The van der Waals surface area contributed by atoms with Crippen LogP contribution in [0.3, 0.4) is 0 Å². The highest BCUT2D eigenvalue weighted by Gasteiger charge is 2.18. The van der Waals surface area contributed by atoms with Crippen LogP contribution in [0, 0.1) is 0 Å². The van der Waals surface area contributed by atoms with E-state index in [-0.39, 0.29) is 0 Å². The van der Waals surface area contributed by atoms with Gasteiger partial charge in [-0.15, -0.1) is 0 Å². The summed E-state index contributed by atoms with van der Waals surface area (Å²) in [6.45, 7) is 13.1. The first-order chi connectivity index (χ1) is 10.8. The van der Waals surface area contributed by atoms with Gasteiger partial charge in [-0.2, -0.15) is 0 Å². The molecule has 0 N–H and O–H groups in total. The van der Waals surface area contributed by atoms with Gasteiger partial charge in [0.05, 0.1) is 0 Å². The molecule has 4 heteroatoms. The van der Waals surface area contributed by atoms with Crippen molar-refractivity contribution in [2.24, 2.45) is 0 Å². The van der Waals surface area contributed by atoms with E-state index in [1.807, 2.05) is 0 Å². The Balaban J connectivity index is 1.64. The minimum atomic E-state index is 1.09. The van der Waals surface area contributed by atoms with Crippen molar-refractivity contribution in [3.8, 4) is 0 Å². The number of fused-ring (bicyclic) bond motifs is 3. The summed E-state index contributed by atoms with van der Waals surface area (Å²) < 4.78 is 0.